The van der Waals surface area contributed by atoms with Gasteiger partial charge in [0.25, 0.3) is 0 Å². The lowest BCUT2D eigenvalue weighted by Crippen LogP contribution is -2.01. The molecular formula is C14H15NO. The van der Waals surface area contributed by atoms with Crippen LogP contribution < -0.4 is 0 Å². The second-order valence-electron chi connectivity index (χ2n) is 3.99. The summed E-state index contributed by atoms with van der Waals surface area (Å²) in [5.41, 5.74) is 3.29. The molecule has 0 aliphatic heterocycles. The molecule has 1 aromatic heterocycles. The average molecular weight is 213 g/mol. The number of pyridine rings is 1. The third-order valence-corrected chi connectivity index (χ3v) is 2.60. The fourth-order valence-electron chi connectivity index (χ4n) is 1.77. The predicted molar refractivity (Wildman–Crippen MR) is 64.1 cm³/mol. The second-order valence-corrected chi connectivity index (χ2v) is 3.99. The SMILES string of the molecule is Cc1cccc(CC(O)c2ccncc2)c1. The van der Waals surface area contributed by atoms with Gasteiger partial charge in [-0.3, -0.25) is 4.98 Å². The van der Waals surface area contributed by atoms with Gasteiger partial charge in [-0.25, -0.2) is 0 Å². The molecule has 1 aromatic carbocycles. The first-order valence-electron chi connectivity index (χ1n) is 5.39. The van der Waals surface area contributed by atoms with Gasteiger partial charge in [-0.1, -0.05) is 29.8 Å². The van der Waals surface area contributed by atoms with Crippen LogP contribution in [0.25, 0.3) is 0 Å². The highest BCUT2D eigenvalue weighted by Crippen LogP contribution is 2.17. The third-order valence-electron chi connectivity index (χ3n) is 2.60. The Morgan fingerprint density at radius 2 is 1.94 bits per heavy atom. The van der Waals surface area contributed by atoms with E-state index in [2.05, 4.69) is 24.0 Å². The van der Waals surface area contributed by atoms with E-state index >= 15 is 0 Å². The molecule has 0 amide bonds. The first-order valence-corrected chi connectivity index (χ1v) is 5.39. The van der Waals surface area contributed by atoms with Crippen LogP contribution in [-0.2, 0) is 6.42 Å². The summed E-state index contributed by atoms with van der Waals surface area (Å²) in [5.74, 6) is 0. The summed E-state index contributed by atoms with van der Waals surface area (Å²) < 4.78 is 0. The van der Waals surface area contributed by atoms with Crippen molar-refractivity contribution in [3.8, 4) is 0 Å². The van der Waals surface area contributed by atoms with Gasteiger partial charge in [0, 0.05) is 18.8 Å². The van der Waals surface area contributed by atoms with Crippen molar-refractivity contribution in [1.82, 2.24) is 4.98 Å². The summed E-state index contributed by atoms with van der Waals surface area (Å²) in [6, 6.07) is 11.9. The van der Waals surface area contributed by atoms with Crippen molar-refractivity contribution in [3.63, 3.8) is 0 Å². The molecule has 2 rings (SSSR count). The van der Waals surface area contributed by atoms with Gasteiger partial charge in [0.05, 0.1) is 6.10 Å². The number of hydrogen-bond acceptors (Lipinski definition) is 2. The molecule has 1 unspecified atom stereocenters. The standard InChI is InChI=1S/C14H15NO/c1-11-3-2-4-12(9-11)10-14(16)13-5-7-15-8-6-13/h2-9,14,16H,10H2,1H3. The second kappa shape index (κ2) is 4.90. The van der Waals surface area contributed by atoms with E-state index in [-0.39, 0.29) is 0 Å². The monoisotopic (exact) mass is 213 g/mol. The predicted octanol–water partition coefficient (Wildman–Crippen LogP) is 2.67. The number of hydrogen-bond donors (Lipinski definition) is 1. The number of nitrogens with zero attached hydrogens (tertiary/aromatic N) is 1. The number of aliphatic hydroxyl groups is 1. The fourth-order valence-corrected chi connectivity index (χ4v) is 1.77. The zero-order chi connectivity index (χ0) is 11.4. The summed E-state index contributed by atoms with van der Waals surface area (Å²) in [4.78, 5) is 3.94. The minimum absolute atomic E-state index is 0.454. The molecule has 2 nitrogen and oxygen atoms in total. The van der Waals surface area contributed by atoms with E-state index in [0.29, 0.717) is 6.42 Å². The van der Waals surface area contributed by atoms with Gasteiger partial charge in [0.1, 0.15) is 0 Å². The van der Waals surface area contributed by atoms with Crippen molar-refractivity contribution in [2.24, 2.45) is 0 Å². The number of rotatable bonds is 3. The van der Waals surface area contributed by atoms with Crippen LogP contribution in [-0.4, -0.2) is 10.1 Å². The number of benzene rings is 1. The minimum atomic E-state index is -0.454. The van der Waals surface area contributed by atoms with E-state index in [1.54, 1.807) is 12.4 Å². The topological polar surface area (TPSA) is 33.1 Å². The lowest BCUT2D eigenvalue weighted by molar-refractivity contribution is 0.178. The van der Waals surface area contributed by atoms with Crippen LogP contribution in [0.5, 0.6) is 0 Å². The van der Waals surface area contributed by atoms with Gasteiger partial charge in [-0.05, 0) is 30.2 Å². The molecule has 0 radical (unpaired) electrons. The largest absolute Gasteiger partial charge is 0.388 e. The van der Waals surface area contributed by atoms with E-state index in [1.165, 1.54) is 5.56 Å². The van der Waals surface area contributed by atoms with E-state index in [1.807, 2.05) is 24.3 Å². The molecule has 1 atom stereocenters. The molecule has 2 heteroatoms. The van der Waals surface area contributed by atoms with Crippen molar-refractivity contribution in [2.75, 3.05) is 0 Å². The van der Waals surface area contributed by atoms with Crippen LogP contribution in [0.2, 0.25) is 0 Å². The lowest BCUT2D eigenvalue weighted by Gasteiger charge is -2.10. The Kier molecular flexibility index (Phi) is 3.32. The first-order chi connectivity index (χ1) is 7.75. The van der Waals surface area contributed by atoms with Crippen molar-refractivity contribution in [3.05, 3.63) is 65.5 Å². The molecule has 1 N–H and O–H groups in total. The Hall–Kier alpha value is -1.67. The molecule has 0 spiro atoms. The van der Waals surface area contributed by atoms with E-state index in [9.17, 15) is 5.11 Å². The smallest absolute Gasteiger partial charge is 0.0831 e. The Balaban J connectivity index is 2.11. The van der Waals surface area contributed by atoms with E-state index < -0.39 is 6.10 Å². The van der Waals surface area contributed by atoms with Gasteiger partial charge in [0.2, 0.25) is 0 Å². The normalized spacial score (nSPS) is 12.4. The Labute approximate surface area is 95.6 Å². The van der Waals surface area contributed by atoms with Crippen LogP contribution in [0, 0.1) is 6.92 Å². The van der Waals surface area contributed by atoms with E-state index in [0.717, 1.165) is 11.1 Å². The Morgan fingerprint density at radius 1 is 1.19 bits per heavy atom. The van der Waals surface area contributed by atoms with Crippen molar-refractivity contribution in [2.45, 2.75) is 19.4 Å². The first kappa shape index (κ1) is 10.8. The van der Waals surface area contributed by atoms with Crippen molar-refractivity contribution in [1.29, 1.82) is 0 Å². The molecule has 0 aliphatic rings. The summed E-state index contributed by atoms with van der Waals surface area (Å²) in [6.07, 6.45) is 3.60. The molecule has 16 heavy (non-hydrogen) atoms. The Morgan fingerprint density at radius 3 is 2.62 bits per heavy atom. The average Bonchev–Trinajstić information content (AvgIpc) is 2.30. The summed E-state index contributed by atoms with van der Waals surface area (Å²) in [5, 5.41) is 10.0. The molecule has 0 aliphatic carbocycles. The number of aliphatic hydroxyl groups excluding tert-OH is 1. The van der Waals surface area contributed by atoms with Gasteiger partial charge in [-0.15, -0.1) is 0 Å². The Bertz CT molecular complexity index is 453. The third kappa shape index (κ3) is 2.67. The van der Waals surface area contributed by atoms with Crippen LogP contribution in [0.3, 0.4) is 0 Å². The molecule has 0 bridgehead atoms. The van der Waals surface area contributed by atoms with Gasteiger partial charge in [-0.2, -0.15) is 0 Å². The zero-order valence-corrected chi connectivity index (χ0v) is 9.30. The van der Waals surface area contributed by atoms with Crippen LogP contribution in [0.1, 0.15) is 22.8 Å². The maximum atomic E-state index is 10.0. The quantitative estimate of drug-likeness (QED) is 0.850. The van der Waals surface area contributed by atoms with Crippen LogP contribution in [0.4, 0.5) is 0 Å². The molecule has 0 saturated carbocycles. The molecule has 82 valence electrons. The van der Waals surface area contributed by atoms with Crippen LogP contribution in [0.15, 0.2) is 48.8 Å². The molecule has 2 aromatic rings. The fraction of sp³-hybridized carbons (Fsp3) is 0.214. The highest BCUT2D eigenvalue weighted by molar-refractivity contribution is 5.24. The van der Waals surface area contributed by atoms with Gasteiger partial charge < -0.3 is 5.11 Å². The number of aryl methyl sites for hydroxylation is 1. The van der Waals surface area contributed by atoms with Crippen molar-refractivity contribution >= 4 is 0 Å². The lowest BCUT2D eigenvalue weighted by atomic mass is 10.0. The molecule has 1 heterocycles. The van der Waals surface area contributed by atoms with Crippen molar-refractivity contribution < 1.29 is 5.11 Å². The maximum absolute atomic E-state index is 10.0. The van der Waals surface area contributed by atoms with E-state index in [4.69, 9.17) is 0 Å². The van der Waals surface area contributed by atoms with Crippen LogP contribution >= 0.6 is 0 Å². The minimum Gasteiger partial charge on any atom is -0.388 e. The van der Waals surface area contributed by atoms with Gasteiger partial charge >= 0.3 is 0 Å². The maximum Gasteiger partial charge on any atom is 0.0831 e. The number of aromatic nitrogens is 1. The molecular weight excluding hydrogens is 198 g/mol. The summed E-state index contributed by atoms with van der Waals surface area (Å²) >= 11 is 0. The highest BCUT2D eigenvalue weighted by atomic mass is 16.3. The summed E-state index contributed by atoms with van der Waals surface area (Å²) in [7, 11) is 0. The summed E-state index contributed by atoms with van der Waals surface area (Å²) in [6.45, 7) is 2.06. The highest BCUT2D eigenvalue weighted by Gasteiger charge is 2.07. The molecule has 0 saturated heterocycles. The zero-order valence-electron chi connectivity index (χ0n) is 9.30. The molecule has 0 fully saturated rings. The van der Waals surface area contributed by atoms with Gasteiger partial charge in [0.15, 0.2) is 0 Å².